The third kappa shape index (κ3) is 3.00. The Kier molecular flexibility index (Phi) is 4.41. The molecule has 0 aliphatic carbocycles. The van der Waals surface area contributed by atoms with Crippen molar-refractivity contribution >= 4 is 35.1 Å². The van der Waals surface area contributed by atoms with Crippen LogP contribution in [0.3, 0.4) is 0 Å². The van der Waals surface area contributed by atoms with Crippen LogP contribution in [0.1, 0.15) is 17.3 Å². The maximum absolute atomic E-state index is 12.2. The van der Waals surface area contributed by atoms with E-state index in [1.807, 2.05) is 6.92 Å². The van der Waals surface area contributed by atoms with Crippen LogP contribution in [-0.4, -0.2) is 33.2 Å². The van der Waals surface area contributed by atoms with Crippen molar-refractivity contribution in [2.24, 2.45) is 0 Å². The average molecular weight is 316 g/mol. The second-order valence-electron chi connectivity index (χ2n) is 3.72. The number of aryl methyl sites for hydroxylation is 1. The summed E-state index contributed by atoms with van der Waals surface area (Å²) in [4.78, 5) is 13.5. The number of nitrogens with zero attached hydrogens (tertiary/aromatic N) is 4. The van der Waals surface area contributed by atoms with E-state index in [0.29, 0.717) is 11.6 Å². The lowest BCUT2D eigenvalue weighted by molar-refractivity contribution is 0.102. The molecule has 0 fully saturated rings. The van der Waals surface area contributed by atoms with Gasteiger partial charge in [0.05, 0.1) is 24.2 Å². The topological polar surface area (TPSA) is 81.9 Å². The molecule has 0 atom stereocenters. The van der Waals surface area contributed by atoms with Gasteiger partial charge in [-0.15, -0.1) is 5.10 Å². The molecule has 0 radical (unpaired) electrons. The number of benzene rings is 1. The van der Waals surface area contributed by atoms with E-state index in [0.717, 1.165) is 0 Å². The molecule has 20 heavy (non-hydrogen) atoms. The lowest BCUT2D eigenvalue weighted by Crippen LogP contribution is -2.14. The largest absolute Gasteiger partial charge is 0.494 e. The Morgan fingerprint density at radius 1 is 1.45 bits per heavy atom. The normalized spacial score (nSPS) is 10.4. The number of anilines is 1. The van der Waals surface area contributed by atoms with E-state index >= 15 is 0 Å². The van der Waals surface area contributed by atoms with Crippen LogP contribution in [-0.2, 0) is 6.54 Å². The summed E-state index contributed by atoms with van der Waals surface area (Å²) in [6, 6.07) is 2.94. The molecule has 2 aromatic rings. The van der Waals surface area contributed by atoms with Crippen LogP contribution in [0.4, 0.5) is 5.95 Å². The van der Waals surface area contributed by atoms with Crippen LogP contribution in [0.25, 0.3) is 0 Å². The number of tetrazole rings is 1. The highest BCUT2D eigenvalue weighted by molar-refractivity contribution is 6.36. The van der Waals surface area contributed by atoms with Gasteiger partial charge in [-0.3, -0.25) is 10.1 Å². The zero-order valence-electron chi connectivity index (χ0n) is 10.7. The molecule has 106 valence electrons. The summed E-state index contributed by atoms with van der Waals surface area (Å²) in [5, 5.41) is 14.5. The summed E-state index contributed by atoms with van der Waals surface area (Å²) in [5.74, 6) is -0.159. The van der Waals surface area contributed by atoms with E-state index in [1.54, 1.807) is 0 Å². The smallest absolute Gasteiger partial charge is 0.270 e. The van der Waals surface area contributed by atoms with Gasteiger partial charge in [-0.1, -0.05) is 28.3 Å². The molecule has 7 nitrogen and oxygen atoms in total. The fourth-order valence-electron chi connectivity index (χ4n) is 1.53. The van der Waals surface area contributed by atoms with Crippen molar-refractivity contribution < 1.29 is 9.53 Å². The number of rotatable bonds is 4. The number of methoxy groups -OCH3 is 1. The molecule has 0 bridgehead atoms. The second-order valence-corrected chi connectivity index (χ2v) is 4.57. The van der Waals surface area contributed by atoms with Crippen molar-refractivity contribution in [1.29, 1.82) is 0 Å². The molecular formula is C11H11Cl2N5O2. The molecule has 1 amide bonds. The van der Waals surface area contributed by atoms with Crippen molar-refractivity contribution in [3.05, 3.63) is 27.7 Å². The maximum atomic E-state index is 12.2. The first-order chi connectivity index (χ1) is 9.55. The molecule has 2 rings (SSSR count). The molecule has 9 heteroatoms. The minimum atomic E-state index is -0.484. The van der Waals surface area contributed by atoms with Gasteiger partial charge in [-0.25, -0.2) is 0 Å². The number of ether oxygens (including phenoxy) is 1. The molecule has 1 aromatic carbocycles. The van der Waals surface area contributed by atoms with Gasteiger partial charge in [0, 0.05) is 5.02 Å². The Bertz CT molecular complexity index is 644. The molecule has 1 N–H and O–H groups in total. The minimum absolute atomic E-state index is 0.0926. The van der Waals surface area contributed by atoms with E-state index < -0.39 is 5.91 Å². The molecule has 1 aromatic heterocycles. The average Bonchev–Trinajstić information content (AvgIpc) is 2.85. The molecule has 0 saturated carbocycles. The van der Waals surface area contributed by atoms with Gasteiger partial charge in [-0.2, -0.15) is 4.80 Å². The van der Waals surface area contributed by atoms with Crippen LogP contribution in [0.15, 0.2) is 12.1 Å². The Hall–Kier alpha value is -1.86. The van der Waals surface area contributed by atoms with E-state index in [9.17, 15) is 4.79 Å². The van der Waals surface area contributed by atoms with Crippen LogP contribution >= 0.6 is 23.2 Å². The number of aromatic nitrogens is 4. The van der Waals surface area contributed by atoms with Gasteiger partial charge in [0.25, 0.3) is 11.9 Å². The SMILES string of the molecule is CCn1nnc(NC(=O)c2cc(Cl)cc(Cl)c2OC)n1. The number of hydrogen-bond acceptors (Lipinski definition) is 5. The van der Waals surface area contributed by atoms with Crippen LogP contribution in [0, 0.1) is 0 Å². The van der Waals surface area contributed by atoms with Crippen molar-refractivity contribution in [3.63, 3.8) is 0 Å². The van der Waals surface area contributed by atoms with Gasteiger partial charge in [0.15, 0.2) is 0 Å². The van der Waals surface area contributed by atoms with Gasteiger partial charge in [0.1, 0.15) is 5.75 Å². The van der Waals surface area contributed by atoms with Crippen molar-refractivity contribution in [2.45, 2.75) is 13.5 Å². The predicted octanol–water partition coefficient (Wildman–Crippen LogP) is 2.26. The molecule has 0 saturated heterocycles. The van der Waals surface area contributed by atoms with E-state index in [4.69, 9.17) is 27.9 Å². The second kappa shape index (κ2) is 6.06. The summed E-state index contributed by atoms with van der Waals surface area (Å²) >= 11 is 11.9. The van der Waals surface area contributed by atoms with Gasteiger partial charge in [0.2, 0.25) is 0 Å². The Morgan fingerprint density at radius 3 is 2.80 bits per heavy atom. The van der Waals surface area contributed by atoms with Crippen molar-refractivity contribution in [2.75, 3.05) is 12.4 Å². The van der Waals surface area contributed by atoms with Crippen molar-refractivity contribution in [3.8, 4) is 5.75 Å². The Labute approximate surface area is 124 Å². The molecule has 0 spiro atoms. The van der Waals surface area contributed by atoms with Gasteiger partial charge >= 0.3 is 0 Å². The summed E-state index contributed by atoms with van der Waals surface area (Å²) in [5.41, 5.74) is 0.192. The lowest BCUT2D eigenvalue weighted by atomic mass is 10.2. The number of carbonyl (C=O) groups is 1. The van der Waals surface area contributed by atoms with Gasteiger partial charge in [-0.05, 0) is 24.3 Å². The molecule has 0 unspecified atom stereocenters. The first kappa shape index (κ1) is 14.5. The fourth-order valence-corrected chi connectivity index (χ4v) is 2.10. The fraction of sp³-hybridized carbons (Fsp3) is 0.273. The van der Waals surface area contributed by atoms with Gasteiger partial charge < -0.3 is 4.74 Å². The number of hydrogen-bond donors (Lipinski definition) is 1. The number of amides is 1. The summed E-state index contributed by atoms with van der Waals surface area (Å²) in [6.07, 6.45) is 0. The monoisotopic (exact) mass is 315 g/mol. The first-order valence-corrected chi connectivity index (χ1v) is 6.43. The Balaban J connectivity index is 2.29. The summed E-state index contributed by atoms with van der Waals surface area (Å²) in [6.45, 7) is 2.40. The van der Waals surface area contributed by atoms with E-state index in [1.165, 1.54) is 24.0 Å². The van der Waals surface area contributed by atoms with E-state index in [2.05, 4.69) is 20.7 Å². The van der Waals surface area contributed by atoms with Crippen molar-refractivity contribution in [1.82, 2.24) is 20.2 Å². The van der Waals surface area contributed by atoms with Crippen LogP contribution in [0.5, 0.6) is 5.75 Å². The maximum Gasteiger partial charge on any atom is 0.270 e. The first-order valence-electron chi connectivity index (χ1n) is 5.67. The van der Waals surface area contributed by atoms with Crippen LogP contribution in [0.2, 0.25) is 10.0 Å². The number of halogens is 2. The Morgan fingerprint density at radius 2 is 2.20 bits per heavy atom. The quantitative estimate of drug-likeness (QED) is 0.935. The van der Waals surface area contributed by atoms with E-state index in [-0.39, 0.29) is 22.3 Å². The zero-order chi connectivity index (χ0) is 14.7. The number of nitrogens with one attached hydrogen (secondary N) is 1. The molecule has 1 heterocycles. The highest BCUT2D eigenvalue weighted by atomic mass is 35.5. The standard InChI is InChI=1S/C11H11Cl2N5O2/c1-3-18-16-11(15-17-18)14-10(19)7-4-6(12)5-8(13)9(7)20-2/h4-5H,3H2,1-2H3,(H,14,16,19). The highest BCUT2D eigenvalue weighted by Crippen LogP contribution is 2.32. The minimum Gasteiger partial charge on any atom is -0.494 e. The lowest BCUT2D eigenvalue weighted by Gasteiger charge is -2.09. The molecule has 0 aliphatic rings. The number of carbonyl (C=O) groups excluding carboxylic acids is 1. The molecule has 0 aliphatic heterocycles. The third-order valence-corrected chi connectivity index (χ3v) is 2.92. The summed E-state index contributed by atoms with van der Waals surface area (Å²) in [7, 11) is 1.41. The highest BCUT2D eigenvalue weighted by Gasteiger charge is 2.18. The van der Waals surface area contributed by atoms with Crippen LogP contribution < -0.4 is 10.1 Å². The third-order valence-electron chi connectivity index (χ3n) is 2.42. The predicted molar refractivity (Wildman–Crippen MR) is 74.5 cm³/mol. The molecular weight excluding hydrogens is 305 g/mol. The summed E-state index contributed by atoms with van der Waals surface area (Å²) < 4.78 is 5.10. The zero-order valence-corrected chi connectivity index (χ0v) is 12.2.